The second kappa shape index (κ2) is 8.65. The van der Waals surface area contributed by atoms with Gasteiger partial charge in [0.1, 0.15) is 0 Å². The van der Waals surface area contributed by atoms with E-state index in [0.29, 0.717) is 27.7 Å². The average molecular weight is 448 g/mol. The molecule has 4 rings (SSSR count). The van der Waals surface area contributed by atoms with E-state index < -0.39 is 4.92 Å². The fraction of sp³-hybridized carbons (Fsp3) is 0.0417. The van der Waals surface area contributed by atoms with Crippen LogP contribution in [0.2, 0.25) is 10.0 Å². The predicted octanol–water partition coefficient (Wildman–Crippen LogP) is 6.97. The fourth-order valence-corrected chi connectivity index (χ4v) is 3.92. The first-order valence-electron chi connectivity index (χ1n) is 9.34. The third-order valence-corrected chi connectivity index (χ3v) is 5.57. The van der Waals surface area contributed by atoms with Crippen LogP contribution < -0.4 is 0 Å². The van der Waals surface area contributed by atoms with E-state index in [2.05, 4.69) is 10.6 Å². The molecule has 0 unspecified atom stereocenters. The highest BCUT2D eigenvalue weighted by Crippen LogP contribution is 2.29. The molecule has 0 aliphatic rings. The molecular weight excluding hydrogens is 433 g/mol. The summed E-state index contributed by atoms with van der Waals surface area (Å²) in [6.07, 6.45) is 3.77. The number of benzene rings is 3. The van der Waals surface area contributed by atoms with Crippen molar-refractivity contribution in [3.8, 4) is 6.07 Å². The Kier molecular flexibility index (Phi) is 5.77. The van der Waals surface area contributed by atoms with Crippen molar-refractivity contribution in [2.75, 3.05) is 0 Å². The van der Waals surface area contributed by atoms with Gasteiger partial charge in [0, 0.05) is 51.4 Å². The third kappa shape index (κ3) is 4.31. The molecule has 0 amide bonds. The summed E-state index contributed by atoms with van der Waals surface area (Å²) in [6, 6.07) is 21.5. The molecule has 0 aliphatic carbocycles. The summed E-state index contributed by atoms with van der Waals surface area (Å²) < 4.78 is 2.07. The molecule has 4 aromatic rings. The van der Waals surface area contributed by atoms with Crippen LogP contribution in [0, 0.1) is 21.4 Å². The Hall–Kier alpha value is -3.59. The van der Waals surface area contributed by atoms with Gasteiger partial charge < -0.3 is 4.57 Å². The van der Waals surface area contributed by atoms with Crippen LogP contribution in [0.25, 0.3) is 22.6 Å². The van der Waals surface area contributed by atoms with Gasteiger partial charge in [-0.1, -0.05) is 47.5 Å². The molecule has 0 saturated carbocycles. The minimum atomic E-state index is -0.463. The number of allylic oxidation sites excluding steroid dienone is 1. The van der Waals surface area contributed by atoms with Crippen molar-refractivity contribution in [1.29, 1.82) is 5.26 Å². The van der Waals surface area contributed by atoms with Crippen LogP contribution in [0.4, 0.5) is 5.69 Å². The second-order valence-corrected chi connectivity index (χ2v) is 7.78. The molecule has 0 spiro atoms. The Bertz CT molecular complexity index is 1370. The standard InChI is InChI=1S/C24H15Cl2N3O2/c25-20-8-5-17(23(26)12-20)14-28-15-19(22-3-1-2-4-24(22)28)11-18(13-27)16-6-9-21(10-7-16)29(30)31/h1-12,15H,14H2/b18-11+. The lowest BCUT2D eigenvalue weighted by atomic mass is 10.0. The Labute approximate surface area is 188 Å². The Morgan fingerprint density at radius 1 is 1.10 bits per heavy atom. The summed E-state index contributed by atoms with van der Waals surface area (Å²) in [6.45, 7) is 0.545. The zero-order chi connectivity index (χ0) is 22.0. The van der Waals surface area contributed by atoms with E-state index in [-0.39, 0.29) is 5.69 Å². The number of para-hydroxylation sites is 1. The van der Waals surface area contributed by atoms with Crippen molar-refractivity contribution in [3.63, 3.8) is 0 Å². The number of nitriles is 1. The SMILES string of the molecule is N#C/C(=C\c1cn(Cc2ccc(Cl)cc2Cl)c2ccccc12)c1ccc([N+](=O)[O-])cc1. The summed E-state index contributed by atoms with van der Waals surface area (Å²) in [7, 11) is 0. The largest absolute Gasteiger partial charge is 0.342 e. The van der Waals surface area contributed by atoms with Crippen LogP contribution in [0.3, 0.4) is 0 Å². The summed E-state index contributed by atoms with van der Waals surface area (Å²) in [5, 5.41) is 22.8. The molecule has 5 nitrogen and oxygen atoms in total. The molecule has 0 aliphatic heterocycles. The quantitative estimate of drug-likeness (QED) is 0.188. The molecule has 3 aromatic carbocycles. The number of fused-ring (bicyclic) bond motifs is 1. The van der Waals surface area contributed by atoms with Crippen molar-refractivity contribution in [2.24, 2.45) is 0 Å². The molecule has 7 heteroatoms. The van der Waals surface area contributed by atoms with Crippen LogP contribution in [-0.4, -0.2) is 9.49 Å². The van der Waals surface area contributed by atoms with Gasteiger partial charge in [-0.2, -0.15) is 5.26 Å². The highest BCUT2D eigenvalue weighted by molar-refractivity contribution is 6.35. The van der Waals surface area contributed by atoms with Gasteiger partial charge in [-0.25, -0.2) is 0 Å². The zero-order valence-corrected chi connectivity index (χ0v) is 17.6. The molecule has 31 heavy (non-hydrogen) atoms. The van der Waals surface area contributed by atoms with Crippen LogP contribution in [0.15, 0.2) is 72.9 Å². The highest BCUT2D eigenvalue weighted by Gasteiger charge is 2.12. The van der Waals surface area contributed by atoms with Gasteiger partial charge in [0.15, 0.2) is 0 Å². The molecule has 152 valence electrons. The number of rotatable bonds is 5. The molecule has 0 radical (unpaired) electrons. The number of nitro benzene ring substituents is 1. The van der Waals surface area contributed by atoms with Crippen LogP contribution >= 0.6 is 23.2 Å². The number of halogens is 2. The Morgan fingerprint density at radius 2 is 1.84 bits per heavy atom. The number of hydrogen-bond donors (Lipinski definition) is 0. The molecule has 0 N–H and O–H groups in total. The number of nitro groups is 1. The van der Waals surface area contributed by atoms with Crippen LogP contribution in [0.1, 0.15) is 16.7 Å². The monoisotopic (exact) mass is 447 g/mol. The molecular formula is C24H15Cl2N3O2. The molecule has 0 saturated heterocycles. The molecule has 1 heterocycles. The first kappa shape index (κ1) is 20.7. The smallest absolute Gasteiger partial charge is 0.269 e. The Balaban J connectivity index is 1.77. The van der Waals surface area contributed by atoms with Gasteiger partial charge >= 0.3 is 0 Å². The van der Waals surface area contributed by atoms with Crippen molar-refractivity contribution in [1.82, 2.24) is 4.57 Å². The molecule has 0 fully saturated rings. The van der Waals surface area contributed by atoms with Gasteiger partial charge in [0.05, 0.1) is 16.6 Å². The number of non-ortho nitro benzene ring substituents is 1. The lowest BCUT2D eigenvalue weighted by Gasteiger charge is -2.08. The molecule has 1 aromatic heterocycles. The third-order valence-electron chi connectivity index (χ3n) is 4.98. The maximum Gasteiger partial charge on any atom is 0.269 e. The van der Waals surface area contributed by atoms with Gasteiger partial charge in [0.25, 0.3) is 5.69 Å². The first-order valence-corrected chi connectivity index (χ1v) is 10.1. The van der Waals surface area contributed by atoms with E-state index in [4.69, 9.17) is 23.2 Å². The van der Waals surface area contributed by atoms with Gasteiger partial charge in [0.2, 0.25) is 0 Å². The summed E-state index contributed by atoms with van der Waals surface area (Å²) in [5.41, 5.74) is 3.82. The number of aromatic nitrogens is 1. The molecule has 0 atom stereocenters. The topological polar surface area (TPSA) is 71.9 Å². The summed E-state index contributed by atoms with van der Waals surface area (Å²) >= 11 is 12.4. The van der Waals surface area contributed by atoms with Crippen molar-refractivity contribution in [2.45, 2.75) is 6.54 Å². The number of nitrogens with zero attached hydrogens (tertiary/aromatic N) is 3. The van der Waals surface area contributed by atoms with E-state index in [1.54, 1.807) is 30.3 Å². The van der Waals surface area contributed by atoms with E-state index in [1.165, 1.54) is 12.1 Å². The highest BCUT2D eigenvalue weighted by atomic mass is 35.5. The summed E-state index contributed by atoms with van der Waals surface area (Å²) in [5.74, 6) is 0. The van der Waals surface area contributed by atoms with Crippen molar-refractivity contribution < 1.29 is 4.92 Å². The van der Waals surface area contributed by atoms with E-state index in [1.807, 2.05) is 36.5 Å². The molecule has 0 bridgehead atoms. The maximum atomic E-state index is 10.9. The Morgan fingerprint density at radius 3 is 2.52 bits per heavy atom. The van der Waals surface area contributed by atoms with Gasteiger partial charge in [-0.3, -0.25) is 10.1 Å². The average Bonchev–Trinajstić information content (AvgIpc) is 3.11. The second-order valence-electron chi connectivity index (χ2n) is 6.94. The van der Waals surface area contributed by atoms with Crippen LogP contribution in [-0.2, 0) is 6.54 Å². The zero-order valence-electron chi connectivity index (χ0n) is 16.1. The summed E-state index contributed by atoms with van der Waals surface area (Å²) in [4.78, 5) is 10.4. The van der Waals surface area contributed by atoms with E-state index >= 15 is 0 Å². The van der Waals surface area contributed by atoms with Crippen molar-refractivity contribution >= 4 is 51.4 Å². The fourth-order valence-electron chi connectivity index (χ4n) is 3.45. The van der Waals surface area contributed by atoms with Gasteiger partial charge in [-0.15, -0.1) is 0 Å². The normalized spacial score (nSPS) is 11.5. The minimum Gasteiger partial charge on any atom is -0.342 e. The first-order chi connectivity index (χ1) is 15.0. The van der Waals surface area contributed by atoms with E-state index in [9.17, 15) is 15.4 Å². The maximum absolute atomic E-state index is 10.9. The van der Waals surface area contributed by atoms with Gasteiger partial charge in [-0.05, 0) is 47.5 Å². The number of hydrogen-bond acceptors (Lipinski definition) is 3. The lowest BCUT2D eigenvalue weighted by molar-refractivity contribution is -0.384. The van der Waals surface area contributed by atoms with Crippen LogP contribution in [0.5, 0.6) is 0 Å². The predicted molar refractivity (Wildman–Crippen MR) is 124 cm³/mol. The van der Waals surface area contributed by atoms with E-state index in [0.717, 1.165) is 22.0 Å². The van der Waals surface area contributed by atoms with Crippen molar-refractivity contribution in [3.05, 3.63) is 110 Å². The minimum absolute atomic E-state index is 0.0162. The lowest BCUT2D eigenvalue weighted by Crippen LogP contribution is -1.98.